The van der Waals surface area contributed by atoms with Crippen molar-refractivity contribution in [1.29, 1.82) is 0 Å². The number of aliphatic hydroxyl groups is 1. The van der Waals surface area contributed by atoms with Crippen molar-refractivity contribution in [2.45, 2.75) is 13.3 Å². The molecule has 0 atom stereocenters. The number of hydrogen-bond donors (Lipinski definition) is 1. The summed E-state index contributed by atoms with van der Waals surface area (Å²) < 4.78 is 2.14. The van der Waals surface area contributed by atoms with Crippen LogP contribution in [0.15, 0.2) is 0 Å². The minimum absolute atomic E-state index is 0.293. The van der Waals surface area contributed by atoms with Gasteiger partial charge < -0.3 is 5.11 Å². The topological polar surface area (TPSA) is 23.5 Å². The highest BCUT2D eigenvalue weighted by atomic mass is 33.1. The molecule has 0 heterocycles. The van der Waals surface area contributed by atoms with Gasteiger partial charge in [-0.1, -0.05) is 17.7 Å². The number of hydrogen-bond acceptors (Lipinski definition) is 4. The van der Waals surface area contributed by atoms with Crippen molar-refractivity contribution in [3.63, 3.8) is 0 Å². The second-order valence-corrected chi connectivity index (χ2v) is 4.65. The van der Waals surface area contributed by atoms with Gasteiger partial charge in [0, 0.05) is 18.9 Å². The van der Waals surface area contributed by atoms with E-state index in [1.165, 1.54) is 0 Å². The fraction of sp³-hybridized carbons (Fsp3) is 1.00. The van der Waals surface area contributed by atoms with Crippen LogP contribution in [0.2, 0.25) is 0 Å². The van der Waals surface area contributed by atoms with Crippen LogP contribution in [-0.2, 0) is 0 Å². The van der Waals surface area contributed by atoms with Crippen LogP contribution in [0.25, 0.3) is 0 Å². The van der Waals surface area contributed by atoms with E-state index in [9.17, 15) is 0 Å². The Bertz CT molecular complexity index is 64.8. The van der Waals surface area contributed by atoms with E-state index < -0.39 is 0 Å². The van der Waals surface area contributed by atoms with Gasteiger partial charge in [-0.25, -0.2) is 4.31 Å². The summed E-state index contributed by atoms with van der Waals surface area (Å²) in [5, 5.41) is 8.50. The molecule has 0 aliphatic heterocycles. The van der Waals surface area contributed by atoms with E-state index in [1.54, 1.807) is 11.0 Å². The van der Waals surface area contributed by atoms with Crippen LogP contribution < -0.4 is 0 Å². The molecule has 0 saturated carbocycles. The van der Waals surface area contributed by atoms with Gasteiger partial charge in [-0.05, 0) is 24.4 Å². The normalized spacial score (nSPS) is 10.8. The third kappa shape index (κ3) is 6.74. The zero-order chi connectivity index (χ0) is 7.82. The SMILES string of the molecule is CCSSN(C)CCCO. The summed E-state index contributed by atoms with van der Waals surface area (Å²) in [5.41, 5.74) is 0. The molecule has 0 rings (SSSR count). The molecule has 0 amide bonds. The predicted octanol–water partition coefficient (Wildman–Crippen LogP) is 1.62. The van der Waals surface area contributed by atoms with Crippen LogP contribution in [-0.4, -0.2) is 35.4 Å². The van der Waals surface area contributed by atoms with Gasteiger partial charge in [0.15, 0.2) is 0 Å². The molecule has 4 heteroatoms. The number of nitrogens with zero attached hydrogens (tertiary/aromatic N) is 1. The first kappa shape index (κ1) is 10.6. The van der Waals surface area contributed by atoms with E-state index in [0.717, 1.165) is 18.7 Å². The summed E-state index contributed by atoms with van der Waals surface area (Å²) in [5.74, 6) is 1.13. The Morgan fingerprint density at radius 3 is 2.70 bits per heavy atom. The maximum Gasteiger partial charge on any atom is 0.0443 e. The molecular formula is C6H15NOS2. The van der Waals surface area contributed by atoms with Crippen LogP contribution in [0.5, 0.6) is 0 Å². The number of rotatable bonds is 6. The maximum atomic E-state index is 8.50. The van der Waals surface area contributed by atoms with Crippen molar-refractivity contribution in [2.75, 3.05) is 26.0 Å². The van der Waals surface area contributed by atoms with Crippen molar-refractivity contribution >= 4 is 21.8 Å². The van der Waals surface area contributed by atoms with Gasteiger partial charge in [0.1, 0.15) is 0 Å². The highest BCUT2D eigenvalue weighted by Crippen LogP contribution is 2.23. The van der Waals surface area contributed by atoms with Gasteiger partial charge >= 0.3 is 0 Å². The maximum absolute atomic E-state index is 8.50. The summed E-state index contributed by atoms with van der Waals surface area (Å²) >= 11 is 0. The molecule has 0 spiro atoms. The second-order valence-electron chi connectivity index (χ2n) is 1.91. The Hall–Kier alpha value is 0.620. The van der Waals surface area contributed by atoms with Crippen molar-refractivity contribution < 1.29 is 5.11 Å². The lowest BCUT2D eigenvalue weighted by molar-refractivity contribution is 0.278. The molecule has 62 valence electrons. The molecule has 10 heavy (non-hydrogen) atoms. The van der Waals surface area contributed by atoms with Gasteiger partial charge in [-0.15, -0.1) is 0 Å². The minimum Gasteiger partial charge on any atom is -0.396 e. The molecule has 2 nitrogen and oxygen atoms in total. The summed E-state index contributed by atoms with van der Waals surface area (Å²) in [6.45, 7) is 3.40. The lowest BCUT2D eigenvalue weighted by atomic mass is 10.5. The fourth-order valence-corrected chi connectivity index (χ4v) is 2.04. The molecule has 0 radical (unpaired) electrons. The van der Waals surface area contributed by atoms with Gasteiger partial charge in [0.05, 0.1) is 0 Å². The monoisotopic (exact) mass is 181 g/mol. The largest absolute Gasteiger partial charge is 0.396 e. The Labute approximate surface area is 70.9 Å². The van der Waals surface area contributed by atoms with Crippen molar-refractivity contribution in [3.05, 3.63) is 0 Å². The van der Waals surface area contributed by atoms with E-state index in [2.05, 4.69) is 11.2 Å². The van der Waals surface area contributed by atoms with Crippen LogP contribution in [0, 0.1) is 0 Å². The van der Waals surface area contributed by atoms with E-state index in [0.29, 0.717) is 6.61 Å². The third-order valence-corrected chi connectivity index (χ3v) is 3.49. The van der Waals surface area contributed by atoms with E-state index in [1.807, 2.05) is 17.8 Å². The molecule has 0 aliphatic carbocycles. The molecule has 0 aromatic rings. The van der Waals surface area contributed by atoms with E-state index in [-0.39, 0.29) is 0 Å². The summed E-state index contributed by atoms with van der Waals surface area (Å²) in [6.07, 6.45) is 0.869. The smallest absolute Gasteiger partial charge is 0.0443 e. The quantitative estimate of drug-likeness (QED) is 0.497. The van der Waals surface area contributed by atoms with E-state index >= 15 is 0 Å². The zero-order valence-electron chi connectivity index (χ0n) is 6.54. The summed E-state index contributed by atoms with van der Waals surface area (Å²) in [7, 11) is 5.63. The van der Waals surface area contributed by atoms with Crippen molar-refractivity contribution in [3.8, 4) is 0 Å². The Balaban J connectivity index is 3.00. The average molecular weight is 181 g/mol. The van der Waals surface area contributed by atoms with E-state index in [4.69, 9.17) is 5.11 Å². The van der Waals surface area contributed by atoms with Crippen LogP contribution in [0.1, 0.15) is 13.3 Å². The van der Waals surface area contributed by atoms with Crippen LogP contribution in [0.3, 0.4) is 0 Å². The fourth-order valence-electron chi connectivity index (χ4n) is 0.473. The molecule has 0 unspecified atom stereocenters. The van der Waals surface area contributed by atoms with Gasteiger partial charge in [-0.3, -0.25) is 0 Å². The molecule has 0 aliphatic rings. The Kier molecular flexibility index (Phi) is 8.20. The Morgan fingerprint density at radius 1 is 1.50 bits per heavy atom. The molecule has 0 saturated heterocycles. The molecule has 0 aromatic carbocycles. The van der Waals surface area contributed by atoms with Crippen LogP contribution in [0.4, 0.5) is 0 Å². The standard InChI is InChI=1S/C6H15NOS2/c1-3-9-10-7(2)5-4-6-8/h8H,3-6H2,1-2H3. The zero-order valence-corrected chi connectivity index (χ0v) is 8.17. The van der Waals surface area contributed by atoms with Gasteiger partial charge in [0.25, 0.3) is 0 Å². The van der Waals surface area contributed by atoms with Gasteiger partial charge in [0.2, 0.25) is 0 Å². The first-order valence-electron chi connectivity index (χ1n) is 3.42. The highest BCUT2D eigenvalue weighted by molar-refractivity contribution is 8.75. The molecule has 0 fully saturated rings. The molecule has 1 N–H and O–H groups in total. The highest BCUT2D eigenvalue weighted by Gasteiger charge is 1.96. The number of aliphatic hydroxyl groups excluding tert-OH is 1. The second kappa shape index (κ2) is 7.72. The Morgan fingerprint density at radius 2 is 2.20 bits per heavy atom. The minimum atomic E-state index is 0.293. The third-order valence-electron chi connectivity index (χ3n) is 0.929. The van der Waals surface area contributed by atoms with Crippen molar-refractivity contribution in [2.24, 2.45) is 0 Å². The van der Waals surface area contributed by atoms with Crippen LogP contribution >= 0.6 is 21.8 Å². The molecule has 0 aromatic heterocycles. The lowest BCUT2D eigenvalue weighted by Crippen LogP contribution is -2.10. The molecule has 0 bridgehead atoms. The first-order valence-corrected chi connectivity index (χ1v) is 5.70. The molecular weight excluding hydrogens is 166 g/mol. The average Bonchev–Trinajstić information content (AvgIpc) is 1.97. The van der Waals surface area contributed by atoms with Gasteiger partial charge in [-0.2, -0.15) is 0 Å². The lowest BCUT2D eigenvalue weighted by Gasteiger charge is -2.12. The summed E-state index contributed by atoms with van der Waals surface area (Å²) in [6, 6.07) is 0. The summed E-state index contributed by atoms with van der Waals surface area (Å²) in [4.78, 5) is 0. The first-order chi connectivity index (χ1) is 4.81. The van der Waals surface area contributed by atoms with Crippen molar-refractivity contribution in [1.82, 2.24) is 4.31 Å². The predicted molar refractivity (Wildman–Crippen MR) is 50.1 cm³/mol.